The summed E-state index contributed by atoms with van der Waals surface area (Å²) in [6, 6.07) is 7.92. The van der Waals surface area contributed by atoms with Crippen LogP contribution in [0.15, 0.2) is 42.5 Å². The summed E-state index contributed by atoms with van der Waals surface area (Å²) in [5.74, 6) is -0.518. The van der Waals surface area contributed by atoms with E-state index in [1.165, 1.54) is 30.4 Å². The second-order valence-corrected chi connectivity index (χ2v) is 5.10. The molecule has 0 aliphatic heterocycles. The van der Waals surface area contributed by atoms with E-state index in [1.54, 1.807) is 13.0 Å². The first kappa shape index (κ1) is 18.0. The van der Waals surface area contributed by atoms with Gasteiger partial charge >= 0.3 is 12.1 Å². The van der Waals surface area contributed by atoms with Gasteiger partial charge in [-0.25, -0.2) is 9.78 Å². The van der Waals surface area contributed by atoms with Crippen LogP contribution in [0.1, 0.15) is 18.1 Å². The van der Waals surface area contributed by atoms with Gasteiger partial charge in [0.05, 0.1) is 17.9 Å². The van der Waals surface area contributed by atoms with Crippen LogP contribution in [0.3, 0.4) is 0 Å². The van der Waals surface area contributed by atoms with Crippen LogP contribution in [0, 0.1) is 0 Å². The van der Waals surface area contributed by atoms with Crippen molar-refractivity contribution in [2.75, 3.05) is 6.61 Å². The van der Waals surface area contributed by atoms with E-state index in [9.17, 15) is 18.0 Å². The first-order valence-corrected chi connectivity index (χ1v) is 7.38. The third-order valence-electron chi connectivity index (χ3n) is 3.05. The molecule has 126 valence electrons. The Kier molecular flexibility index (Phi) is 5.62. The van der Waals surface area contributed by atoms with Crippen molar-refractivity contribution in [1.82, 2.24) is 4.98 Å². The molecule has 0 amide bonds. The minimum absolute atomic E-state index is 0.0745. The molecular formula is C17H13ClF3NO2. The van der Waals surface area contributed by atoms with E-state index in [-0.39, 0.29) is 11.8 Å². The van der Waals surface area contributed by atoms with Gasteiger partial charge in [0, 0.05) is 17.2 Å². The Bertz CT molecular complexity index is 773. The molecule has 1 aromatic heterocycles. The number of pyridine rings is 1. The first-order chi connectivity index (χ1) is 11.3. The normalized spacial score (nSPS) is 11.7. The summed E-state index contributed by atoms with van der Waals surface area (Å²) in [4.78, 5) is 15.4. The number of rotatable bonds is 4. The van der Waals surface area contributed by atoms with Crippen molar-refractivity contribution >= 4 is 23.6 Å². The highest BCUT2D eigenvalue weighted by atomic mass is 35.5. The minimum atomic E-state index is -4.43. The standard InChI is InChI=1S/C17H13ClF3NO2/c1-2-24-15(23)9-7-11-6-8-14(22-16(11)18)12-4-3-5-13(10-12)17(19,20)21/h3-10H,2H2,1H3. The first-order valence-electron chi connectivity index (χ1n) is 7.00. The molecule has 2 aromatic rings. The fraction of sp³-hybridized carbons (Fsp3) is 0.176. The molecular weight excluding hydrogens is 343 g/mol. The van der Waals surface area contributed by atoms with E-state index in [1.807, 2.05) is 0 Å². The molecule has 0 saturated heterocycles. The molecule has 0 aliphatic rings. The zero-order chi connectivity index (χ0) is 17.7. The van der Waals surface area contributed by atoms with Crippen molar-refractivity contribution in [1.29, 1.82) is 0 Å². The lowest BCUT2D eigenvalue weighted by Crippen LogP contribution is -2.04. The number of hydrogen-bond acceptors (Lipinski definition) is 3. The van der Waals surface area contributed by atoms with E-state index in [0.717, 1.165) is 12.1 Å². The van der Waals surface area contributed by atoms with Gasteiger partial charge in [0.1, 0.15) is 5.15 Å². The minimum Gasteiger partial charge on any atom is -0.463 e. The number of ether oxygens (including phenoxy) is 1. The summed E-state index contributed by atoms with van der Waals surface area (Å²) in [6.07, 6.45) is -1.79. The smallest absolute Gasteiger partial charge is 0.416 e. The highest BCUT2D eigenvalue weighted by Crippen LogP contribution is 2.32. The van der Waals surface area contributed by atoms with Crippen molar-refractivity contribution < 1.29 is 22.7 Å². The third-order valence-corrected chi connectivity index (χ3v) is 3.35. The quantitative estimate of drug-likeness (QED) is 0.440. The Morgan fingerprint density at radius 1 is 1.29 bits per heavy atom. The second kappa shape index (κ2) is 7.49. The fourth-order valence-electron chi connectivity index (χ4n) is 1.93. The number of halogens is 4. The Labute approximate surface area is 141 Å². The number of alkyl halides is 3. The van der Waals surface area contributed by atoms with Crippen LogP contribution in [-0.4, -0.2) is 17.6 Å². The van der Waals surface area contributed by atoms with Crippen LogP contribution in [0.5, 0.6) is 0 Å². The van der Waals surface area contributed by atoms with Gasteiger partial charge in [-0.2, -0.15) is 13.2 Å². The lowest BCUT2D eigenvalue weighted by molar-refractivity contribution is -0.138. The number of hydrogen-bond donors (Lipinski definition) is 0. The van der Waals surface area contributed by atoms with Crippen molar-refractivity contribution in [3.8, 4) is 11.3 Å². The molecule has 7 heteroatoms. The number of nitrogens with zero attached hydrogens (tertiary/aromatic N) is 1. The van der Waals surface area contributed by atoms with Crippen molar-refractivity contribution in [2.45, 2.75) is 13.1 Å². The van der Waals surface area contributed by atoms with Crippen LogP contribution >= 0.6 is 11.6 Å². The number of carbonyl (C=O) groups is 1. The molecule has 0 unspecified atom stereocenters. The molecule has 0 aliphatic carbocycles. The highest BCUT2D eigenvalue weighted by molar-refractivity contribution is 6.31. The Morgan fingerprint density at radius 3 is 2.67 bits per heavy atom. The predicted molar refractivity (Wildman–Crippen MR) is 85.4 cm³/mol. The van der Waals surface area contributed by atoms with Crippen LogP contribution < -0.4 is 0 Å². The van der Waals surface area contributed by atoms with Gasteiger partial charge in [0.25, 0.3) is 0 Å². The Morgan fingerprint density at radius 2 is 2.04 bits per heavy atom. The second-order valence-electron chi connectivity index (χ2n) is 4.74. The molecule has 3 nitrogen and oxygen atoms in total. The van der Waals surface area contributed by atoms with Crippen LogP contribution in [-0.2, 0) is 15.7 Å². The van der Waals surface area contributed by atoms with Crippen LogP contribution in [0.25, 0.3) is 17.3 Å². The summed E-state index contributed by atoms with van der Waals surface area (Å²) in [7, 11) is 0. The van der Waals surface area contributed by atoms with Crippen LogP contribution in [0.4, 0.5) is 13.2 Å². The molecule has 2 rings (SSSR count). The number of aromatic nitrogens is 1. The average Bonchev–Trinajstić information content (AvgIpc) is 2.53. The Balaban J connectivity index is 2.28. The van der Waals surface area contributed by atoms with E-state index in [0.29, 0.717) is 16.8 Å². The lowest BCUT2D eigenvalue weighted by atomic mass is 10.1. The van der Waals surface area contributed by atoms with Gasteiger partial charge in [-0.3, -0.25) is 0 Å². The molecule has 1 heterocycles. The van der Waals surface area contributed by atoms with E-state index < -0.39 is 17.7 Å². The zero-order valence-electron chi connectivity index (χ0n) is 12.6. The fourth-order valence-corrected chi connectivity index (χ4v) is 2.15. The predicted octanol–water partition coefficient (Wildman–Crippen LogP) is 5.00. The summed E-state index contributed by atoms with van der Waals surface area (Å²) >= 11 is 6.03. The van der Waals surface area contributed by atoms with Gasteiger partial charge in [0.2, 0.25) is 0 Å². The third kappa shape index (κ3) is 4.58. The topological polar surface area (TPSA) is 39.2 Å². The molecule has 1 aromatic carbocycles. The monoisotopic (exact) mass is 355 g/mol. The summed E-state index contributed by atoms with van der Waals surface area (Å²) in [5.41, 5.74) is 0.302. The van der Waals surface area contributed by atoms with Gasteiger partial charge < -0.3 is 4.74 Å². The van der Waals surface area contributed by atoms with Gasteiger partial charge in [0.15, 0.2) is 0 Å². The number of esters is 1. The van der Waals surface area contributed by atoms with Crippen molar-refractivity contribution in [3.63, 3.8) is 0 Å². The molecule has 0 spiro atoms. The molecule has 0 fully saturated rings. The molecule has 0 radical (unpaired) electrons. The highest BCUT2D eigenvalue weighted by Gasteiger charge is 2.30. The Hall–Kier alpha value is -2.34. The molecule has 0 bridgehead atoms. The van der Waals surface area contributed by atoms with E-state index in [4.69, 9.17) is 16.3 Å². The maximum atomic E-state index is 12.8. The molecule has 0 N–H and O–H groups in total. The lowest BCUT2D eigenvalue weighted by Gasteiger charge is -2.09. The van der Waals surface area contributed by atoms with E-state index >= 15 is 0 Å². The average molecular weight is 356 g/mol. The maximum absolute atomic E-state index is 12.8. The largest absolute Gasteiger partial charge is 0.463 e. The summed E-state index contributed by atoms with van der Waals surface area (Å²) in [5, 5.41) is 0.0745. The SMILES string of the molecule is CCOC(=O)C=Cc1ccc(-c2cccc(C(F)(F)F)c2)nc1Cl. The summed E-state index contributed by atoms with van der Waals surface area (Å²) in [6.45, 7) is 1.94. The van der Waals surface area contributed by atoms with Gasteiger partial charge in [-0.05, 0) is 37.3 Å². The van der Waals surface area contributed by atoms with Crippen LogP contribution in [0.2, 0.25) is 5.15 Å². The maximum Gasteiger partial charge on any atom is 0.416 e. The molecule has 0 atom stereocenters. The van der Waals surface area contributed by atoms with E-state index in [2.05, 4.69) is 4.98 Å². The van der Waals surface area contributed by atoms with Gasteiger partial charge in [-0.15, -0.1) is 0 Å². The number of benzene rings is 1. The molecule has 0 saturated carbocycles. The zero-order valence-corrected chi connectivity index (χ0v) is 13.4. The van der Waals surface area contributed by atoms with Crippen molar-refractivity contribution in [2.24, 2.45) is 0 Å². The molecule has 24 heavy (non-hydrogen) atoms. The van der Waals surface area contributed by atoms with Crippen molar-refractivity contribution in [3.05, 3.63) is 58.8 Å². The van der Waals surface area contributed by atoms with Gasteiger partial charge in [-0.1, -0.05) is 23.7 Å². The number of carbonyl (C=O) groups excluding carboxylic acids is 1. The summed E-state index contributed by atoms with van der Waals surface area (Å²) < 4.78 is 43.0.